The molecule has 0 aliphatic carbocycles. The molecule has 3 rings (SSSR count). The van der Waals surface area contributed by atoms with Crippen LogP contribution >= 0.6 is 0 Å². The molecule has 8 nitrogen and oxygen atoms in total. The van der Waals surface area contributed by atoms with Gasteiger partial charge in [-0.25, -0.2) is 4.79 Å². The van der Waals surface area contributed by atoms with Crippen molar-refractivity contribution in [3.8, 4) is 5.75 Å². The zero-order valence-corrected chi connectivity index (χ0v) is 17.2. The highest BCUT2D eigenvalue weighted by atomic mass is 16.5. The van der Waals surface area contributed by atoms with Crippen LogP contribution in [0.25, 0.3) is 0 Å². The fourth-order valence-corrected chi connectivity index (χ4v) is 3.78. The summed E-state index contributed by atoms with van der Waals surface area (Å²) in [5.41, 5.74) is 0.231. The SMILES string of the molecule is COc1ccc(C2CCCCCN2CC(=O)Nc2cc(=O)n(C)c(=O)n2C)cc1. The first kappa shape index (κ1) is 20.9. The number of aromatic nitrogens is 2. The molecule has 2 aromatic rings. The molecule has 0 saturated carbocycles. The molecule has 0 spiro atoms. The molecule has 1 aliphatic rings. The molecule has 1 N–H and O–H groups in total. The van der Waals surface area contributed by atoms with Gasteiger partial charge in [0.2, 0.25) is 5.91 Å². The van der Waals surface area contributed by atoms with Gasteiger partial charge in [0.25, 0.3) is 5.56 Å². The number of benzene rings is 1. The molecule has 1 amide bonds. The summed E-state index contributed by atoms with van der Waals surface area (Å²) in [7, 11) is 4.58. The number of hydrogen-bond donors (Lipinski definition) is 1. The Hall–Kier alpha value is -2.87. The monoisotopic (exact) mass is 400 g/mol. The zero-order chi connectivity index (χ0) is 21.0. The van der Waals surface area contributed by atoms with E-state index in [2.05, 4.69) is 10.2 Å². The number of hydrogen-bond acceptors (Lipinski definition) is 5. The van der Waals surface area contributed by atoms with Crippen LogP contribution in [-0.4, -0.2) is 40.1 Å². The Morgan fingerprint density at radius 1 is 1.10 bits per heavy atom. The van der Waals surface area contributed by atoms with E-state index in [0.717, 1.165) is 48.1 Å². The standard InChI is InChI=1S/C21H28N4O4/c1-23-18(13-20(27)24(2)21(23)28)22-19(26)14-25-12-6-4-5-7-17(25)15-8-10-16(29-3)11-9-15/h8-11,13,17H,4-7,12,14H2,1-3H3,(H,22,26). The highest BCUT2D eigenvalue weighted by Gasteiger charge is 2.25. The first-order valence-electron chi connectivity index (χ1n) is 9.85. The minimum Gasteiger partial charge on any atom is -0.497 e. The Morgan fingerprint density at radius 2 is 1.83 bits per heavy atom. The number of anilines is 1. The van der Waals surface area contributed by atoms with Gasteiger partial charge in [-0.1, -0.05) is 25.0 Å². The summed E-state index contributed by atoms with van der Waals surface area (Å²) >= 11 is 0. The maximum absolute atomic E-state index is 12.7. The maximum Gasteiger partial charge on any atom is 0.332 e. The number of amides is 1. The van der Waals surface area contributed by atoms with Gasteiger partial charge in [-0.15, -0.1) is 0 Å². The molecule has 0 bridgehead atoms. The Morgan fingerprint density at radius 3 is 2.52 bits per heavy atom. The number of methoxy groups -OCH3 is 1. The van der Waals surface area contributed by atoms with Crippen LogP contribution in [0.4, 0.5) is 5.82 Å². The van der Waals surface area contributed by atoms with Crippen molar-refractivity contribution >= 4 is 11.7 Å². The maximum atomic E-state index is 12.7. The number of likely N-dealkylation sites (tertiary alicyclic amines) is 1. The minimum absolute atomic E-state index is 0.140. The van der Waals surface area contributed by atoms with Gasteiger partial charge in [0, 0.05) is 26.2 Å². The van der Waals surface area contributed by atoms with Crippen molar-refractivity contribution < 1.29 is 9.53 Å². The summed E-state index contributed by atoms with van der Waals surface area (Å²) in [6, 6.07) is 9.38. The largest absolute Gasteiger partial charge is 0.497 e. The van der Waals surface area contributed by atoms with E-state index in [0.29, 0.717) is 0 Å². The van der Waals surface area contributed by atoms with Crippen molar-refractivity contribution in [1.82, 2.24) is 14.0 Å². The molecule has 2 heterocycles. The van der Waals surface area contributed by atoms with Gasteiger partial charge >= 0.3 is 5.69 Å². The summed E-state index contributed by atoms with van der Waals surface area (Å²) in [5, 5.41) is 2.73. The van der Waals surface area contributed by atoms with Gasteiger partial charge in [-0.3, -0.25) is 23.6 Å². The van der Waals surface area contributed by atoms with Gasteiger partial charge in [0.1, 0.15) is 11.6 Å². The highest BCUT2D eigenvalue weighted by molar-refractivity contribution is 5.91. The third-order valence-electron chi connectivity index (χ3n) is 5.50. The predicted octanol–water partition coefficient (Wildman–Crippen LogP) is 1.65. The van der Waals surface area contributed by atoms with Crippen molar-refractivity contribution in [3.05, 3.63) is 56.7 Å². The van der Waals surface area contributed by atoms with E-state index >= 15 is 0 Å². The van der Waals surface area contributed by atoms with Gasteiger partial charge in [-0.05, 0) is 37.1 Å². The van der Waals surface area contributed by atoms with Crippen LogP contribution in [0.3, 0.4) is 0 Å². The third-order valence-corrected chi connectivity index (χ3v) is 5.50. The molecule has 29 heavy (non-hydrogen) atoms. The van der Waals surface area contributed by atoms with Crippen molar-refractivity contribution in [2.75, 3.05) is 25.5 Å². The molecule has 1 aliphatic heterocycles. The van der Waals surface area contributed by atoms with E-state index in [9.17, 15) is 14.4 Å². The smallest absolute Gasteiger partial charge is 0.332 e. The number of ether oxygens (including phenoxy) is 1. The molecule has 8 heteroatoms. The number of carbonyl (C=O) groups is 1. The number of nitrogens with one attached hydrogen (secondary N) is 1. The highest BCUT2D eigenvalue weighted by Crippen LogP contribution is 2.31. The quantitative estimate of drug-likeness (QED) is 0.825. The van der Waals surface area contributed by atoms with Crippen molar-refractivity contribution in [3.63, 3.8) is 0 Å². The Labute approximate surface area is 169 Å². The lowest BCUT2D eigenvalue weighted by molar-refractivity contribution is -0.117. The van der Waals surface area contributed by atoms with E-state index in [1.807, 2.05) is 24.3 Å². The predicted molar refractivity (Wildman–Crippen MR) is 111 cm³/mol. The van der Waals surface area contributed by atoms with E-state index < -0.39 is 11.2 Å². The van der Waals surface area contributed by atoms with Crippen LogP contribution in [0.5, 0.6) is 5.75 Å². The summed E-state index contributed by atoms with van der Waals surface area (Å²) in [4.78, 5) is 38.9. The lowest BCUT2D eigenvalue weighted by Crippen LogP contribution is -2.40. The van der Waals surface area contributed by atoms with Gasteiger partial charge in [0.05, 0.1) is 13.7 Å². The fraction of sp³-hybridized carbons (Fsp3) is 0.476. The van der Waals surface area contributed by atoms with Crippen LogP contribution < -0.4 is 21.3 Å². The molecular weight excluding hydrogens is 372 g/mol. The van der Waals surface area contributed by atoms with Crippen molar-refractivity contribution in [1.29, 1.82) is 0 Å². The van der Waals surface area contributed by atoms with Crippen LogP contribution in [-0.2, 0) is 18.9 Å². The summed E-state index contributed by atoms with van der Waals surface area (Å²) in [5.74, 6) is 0.769. The number of carbonyl (C=O) groups excluding carboxylic acids is 1. The Bertz CT molecular complexity index is 978. The molecule has 1 atom stereocenters. The van der Waals surface area contributed by atoms with Crippen molar-refractivity contribution in [2.45, 2.75) is 31.7 Å². The topological polar surface area (TPSA) is 85.6 Å². The number of rotatable bonds is 5. The van der Waals surface area contributed by atoms with Crippen LogP contribution in [0, 0.1) is 0 Å². The molecule has 156 valence electrons. The second-order valence-electron chi connectivity index (χ2n) is 7.43. The second kappa shape index (κ2) is 9.09. The number of nitrogens with zero attached hydrogens (tertiary/aromatic N) is 3. The molecule has 1 aromatic carbocycles. The van der Waals surface area contributed by atoms with E-state index in [4.69, 9.17) is 4.74 Å². The Kier molecular flexibility index (Phi) is 6.53. The van der Waals surface area contributed by atoms with Crippen LogP contribution in [0.2, 0.25) is 0 Å². The minimum atomic E-state index is -0.473. The molecular formula is C21H28N4O4. The fourth-order valence-electron chi connectivity index (χ4n) is 3.78. The average molecular weight is 400 g/mol. The zero-order valence-electron chi connectivity index (χ0n) is 17.2. The van der Waals surface area contributed by atoms with Crippen LogP contribution in [0.1, 0.15) is 37.3 Å². The van der Waals surface area contributed by atoms with E-state index in [-0.39, 0.29) is 24.3 Å². The lowest BCUT2D eigenvalue weighted by atomic mass is 10.0. The molecule has 0 radical (unpaired) electrons. The summed E-state index contributed by atoms with van der Waals surface area (Å²) < 4.78 is 7.52. The summed E-state index contributed by atoms with van der Waals surface area (Å²) in [6.07, 6.45) is 4.25. The van der Waals surface area contributed by atoms with Crippen LogP contribution in [0.15, 0.2) is 39.9 Å². The summed E-state index contributed by atoms with van der Waals surface area (Å²) in [6.45, 7) is 1.01. The molecule has 1 aromatic heterocycles. The van der Waals surface area contributed by atoms with Gasteiger partial charge in [0.15, 0.2) is 0 Å². The normalized spacial score (nSPS) is 17.6. The van der Waals surface area contributed by atoms with E-state index in [1.54, 1.807) is 7.11 Å². The second-order valence-corrected chi connectivity index (χ2v) is 7.43. The Balaban J connectivity index is 1.77. The lowest BCUT2D eigenvalue weighted by Gasteiger charge is -2.30. The molecule has 1 fully saturated rings. The van der Waals surface area contributed by atoms with E-state index in [1.165, 1.54) is 24.7 Å². The van der Waals surface area contributed by atoms with Gasteiger partial charge < -0.3 is 10.1 Å². The molecule has 1 saturated heterocycles. The first-order chi connectivity index (χ1) is 13.9. The third kappa shape index (κ3) is 4.76. The van der Waals surface area contributed by atoms with Gasteiger partial charge in [-0.2, -0.15) is 0 Å². The molecule has 1 unspecified atom stereocenters. The first-order valence-corrected chi connectivity index (χ1v) is 9.85. The average Bonchev–Trinajstić information content (AvgIpc) is 2.96. The van der Waals surface area contributed by atoms with Crippen molar-refractivity contribution in [2.24, 2.45) is 14.1 Å².